The van der Waals surface area contributed by atoms with Gasteiger partial charge in [0, 0.05) is 22.7 Å². The van der Waals surface area contributed by atoms with Crippen LogP contribution in [0.4, 0.5) is 0 Å². The molecule has 0 amide bonds. The van der Waals surface area contributed by atoms with Crippen LogP contribution in [-0.2, 0) is 0 Å². The van der Waals surface area contributed by atoms with Gasteiger partial charge in [0.15, 0.2) is 5.16 Å². The first-order chi connectivity index (χ1) is 9.41. The molecule has 1 atom stereocenters. The second-order valence-electron chi connectivity index (χ2n) is 5.55. The third-order valence-electron chi connectivity index (χ3n) is 3.65. The van der Waals surface area contributed by atoms with Gasteiger partial charge in [0.25, 0.3) is 0 Å². The van der Waals surface area contributed by atoms with Gasteiger partial charge < -0.3 is 10.4 Å². The van der Waals surface area contributed by atoms with Gasteiger partial charge in [-0.25, -0.2) is 9.97 Å². The summed E-state index contributed by atoms with van der Waals surface area (Å²) in [5, 5.41) is 13.8. The Kier molecular flexibility index (Phi) is 6.92. The van der Waals surface area contributed by atoms with Gasteiger partial charge in [0.05, 0.1) is 6.61 Å². The molecular weight excluding hydrogens is 270 g/mol. The van der Waals surface area contributed by atoms with Crippen LogP contribution in [0.5, 0.6) is 0 Å². The molecule has 4 nitrogen and oxygen atoms in total. The van der Waals surface area contributed by atoms with Crippen LogP contribution >= 0.6 is 11.8 Å². The number of hydrogen-bond donors (Lipinski definition) is 2. The lowest BCUT2D eigenvalue weighted by molar-refractivity contribution is 0.171. The van der Waals surface area contributed by atoms with Gasteiger partial charge in [-0.1, -0.05) is 18.7 Å². The SMILES string of the molecule is CCCNC(C)(CO)CCSc1nc(C)c(C)c(C)n1. The number of aromatic nitrogens is 2. The average molecular weight is 297 g/mol. The molecule has 0 aliphatic heterocycles. The molecule has 1 heterocycles. The average Bonchev–Trinajstić information content (AvgIpc) is 2.42. The third kappa shape index (κ3) is 5.04. The molecule has 0 spiro atoms. The molecule has 5 heteroatoms. The molecule has 0 saturated heterocycles. The van der Waals surface area contributed by atoms with Gasteiger partial charge in [-0.3, -0.25) is 0 Å². The third-order valence-corrected chi connectivity index (χ3v) is 4.50. The molecule has 2 N–H and O–H groups in total. The van der Waals surface area contributed by atoms with Crippen LogP contribution in [0.2, 0.25) is 0 Å². The Labute approximate surface area is 126 Å². The lowest BCUT2D eigenvalue weighted by Crippen LogP contribution is -2.46. The van der Waals surface area contributed by atoms with Crippen LogP contribution in [0.1, 0.15) is 43.6 Å². The van der Waals surface area contributed by atoms with Gasteiger partial charge >= 0.3 is 0 Å². The Balaban J connectivity index is 2.55. The Bertz CT molecular complexity index is 416. The van der Waals surface area contributed by atoms with Crippen LogP contribution < -0.4 is 5.32 Å². The molecule has 0 aliphatic carbocycles. The minimum absolute atomic E-state index is 0.153. The van der Waals surface area contributed by atoms with Crippen molar-refractivity contribution in [1.82, 2.24) is 15.3 Å². The van der Waals surface area contributed by atoms with Gasteiger partial charge in [0.1, 0.15) is 0 Å². The standard InChI is InChI=1S/C15H27N3OS/c1-6-8-16-15(5,10-19)7-9-20-14-17-12(3)11(2)13(4)18-14/h16,19H,6-10H2,1-5H3. The first kappa shape index (κ1) is 17.4. The summed E-state index contributed by atoms with van der Waals surface area (Å²) in [6.07, 6.45) is 1.96. The smallest absolute Gasteiger partial charge is 0.187 e. The van der Waals surface area contributed by atoms with Gasteiger partial charge in [-0.05, 0) is 52.6 Å². The van der Waals surface area contributed by atoms with Crippen molar-refractivity contribution in [3.05, 3.63) is 17.0 Å². The summed E-state index contributed by atoms with van der Waals surface area (Å²) in [6.45, 7) is 11.4. The highest BCUT2D eigenvalue weighted by Crippen LogP contribution is 2.21. The molecular formula is C15H27N3OS. The zero-order valence-corrected chi connectivity index (χ0v) is 14.1. The highest BCUT2D eigenvalue weighted by Gasteiger charge is 2.21. The quantitative estimate of drug-likeness (QED) is 0.570. The maximum absolute atomic E-state index is 9.53. The van der Waals surface area contributed by atoms with Crippen molar-refractivity contribution in [1.29, 1.82) is 0 Å². The van der Waals surface area contributed by atoms with E-state index in [9.17, 15) is 5.11 Å². The highest BCUT2D eigenvalue weighted by atomic mass is 32.2. The van der Waals surface area contributed by atoms with E-state index < -0.39 is 0 Å². The van der Waals surface area contributed by atoms with Crippen LogP contribution in [-0.4, -0.2) is 39.5 Å². The fraction of sp³-hybridized carbons (Fsp3) is 0.733. The molecule has 0 bridgehead atoms. The summed E-state index contributed by atoms with van der Waals surface area (Å²) in [6, 6.07) is 0. The minimum atomic E-state index is -0.211. The molecule has 0 aliphatic rings. The normalized spacial score (nSPS) is 14.3. The number of hydrogen-bond acceptors (Lipinski definition) is 5. The molecule has 0 fully saturated rings. The number of nitrogens with zero attached hydrogens (tertiary/aromatic N) is 2. The minimum Gasteiger partial charge on any atom is -0.394 e. The Hall–Kier alpha value is -0.650. The zero-order valence-electron chi connectivity index (χ0n) is 13.3. The van der Waals surface area contributed by atoms with Crippen molar-refractivity contribution >= 4 is 11.8 Å². The number of aliphatic hydroxyl groups is 1. The van der Waals surface area contributed by atoms with Gasteiger partial charge in [-0.2, -0.15) is 0 Å². The Morgan fingerprint density at radius 2 is 1.80 bits per heavy atom. The van der Waals surface area contributed by atoms with E-state index in [4.69, 9.17) is 0 Å². The zero-order chi connectivity index (χ0) is 15.2. The predicted octanol–water partition coefficient (Wildman–Crippen LogP) is 2.63. The summed E-state index contributed by atoms with van der Waals surface area (Å²) >= 11 is 1.66. The van der Waals surface area contributed by atoms with Crippen LogP contribution in [0.3, 0.4) is 0 Å². The summed E-state index contributed by atoms with van der Waals surface area (Å²) in [7, 11) is 0. The monoisotopic (exact) mass is 297 g/mol. The maximum atomic E-state index is 9.53. The Morgan fingerprint density at radius 3 is 2.30 bits per heavy atom. The lowest BCUT2D eigenvalue weighted by Gasteiger charge is -2.28. The molecule has 1 unspecified atom stereocenters. The number of thioether (sulfide) groups is 1. The molecule has 1 rings (SSSR count). The van der Waals surface area contributed by atoms with Crippen molar-refractivity contribution in [3.8, 4) is 0 Å². The van der Waals surface area contributed by atoms with E-state index >= 15 is 0 Å². The molecule has 20 heavy (non-hydrogen) atoms. The van der Waals surface area contributed by atoms with Gasteiger partial charge in [0.2, 0.25) is 0 Å². The molecule has 1 aromatic rings. The van der Waals surface area contributed by atoms with Crippen LogP contribution in [0, 0.1) is 20.8 Å². The highest BCUT2D eigenvalue weighted by molar-refractivity contribution is 7.99. The number of rotatable bonds is 8. The second kappa shape index (κ2) is 7.96. The van der Waals surface area contributed by atoms with E-state index in [1.807, 2.05) is 13.8 Å². The Morgan fingerprint density at radius 1 is 1.20 bits per heavy atom. The summed E-state index contributed by atoms with van der Waals surface area (Å²) in [4.78, 5) is 9.02. The molecule has 114 valence electrons. The molecule has 0 aromatic carbocycles. The predicted molar refractivity (Wildman–Crippen MR) is 85.4 cm³/mol. The number of nitrogens with one attached hydrogen (secondary N) is 1. The van der Waals surface area contributed by atoms with E-state index in [0.29, 0.717) is 0 Å². The second-order valence-corrected chi connectivity index (χ2v) is 6.61. The van der Waals surface area contributed by atoms with Crippen molar-refractivity contribution < 1.29 is 5.11 Å². The fourth-order valence-electron chi connectivity index (χ4n) is 1.82. The van der Waals surface area contributed by atoms with Crippen LogP contribution in [0.25, 0.3) is 0 Å². The van der Waals surface area contributed by atoms with E-state index in [-0.39, 0.29) is 12.1 Å². The van der Waals surface area contributed by atoms with Gasteiger partial charge in [-0.15, -0.1) is 0 Å². The summed E-state index contributed by atoms with van der Waals surface area (Å²) < 4.78 is 0. The maximum Gasteiger partial charge on any atom is 0.187 e. The largest absolute Gasteiger partial charge is 0.394 e. The molecule has 1 aromatic heterocycles. The topological polar surface area (TPSA) is 58.0 Å². The fourth-order valence-corrected chi connectivity index (χ4v) is 2.96. The summed E-state index contributed by atoms with van der Waals surface area (Å²) in [5.41, 5.74) is 3.06. The van der Waals surface area contributed by atoms with Crippen molar-refractivity contribution in [2.24, 2.45) is 0 Å². The lowest BCUT2D eigenvalue weighted by atomic mass is 10.0. The van der Waals surface area contributed by atoms with E-state index in [2.05, 4.69) is 36.1 Å². The first-order valence-electron chi connectivity index (χ1n) is 7.22. The van der Waals surface area contributed by atoms with E-state index in [0.717, 1.165) is 41.7 Å². The molecule has 0 saturated carbocycles. The van der Waals surface area contributed by atoms with Crippen molar-refractivity contribution in [3.63, 3.8) is 0 Å². The summed E-state index contributed by atoms with van der Waals surface area (Å²) in [5.74, 6) is 0.899. The molecule has 0 radical (unpaired) electrons. The van der Waals surface area contributed by atoms with E-state index in [1.54, 1.807) is 11.8 Å². The van der Waals surface area contributed by atoms with Crippen LogP contribution in [0.15, 0.2) is 5.16 Å². The van der Waals surface area contributed by atoms with E-state index in [1.165, 1.54) is 5.56 Å². The van der Waals surface area contributed by atoms with Crippen molar-refractivity contribution in [2.45, 2.75) is 58.2 Å². The first-order valence-corrected chi connectivity index (χ1v) is 8.21. The number of aryl methyl sites for hydroxylation is 2. The number of aliphatic hydroxyl groups excluding tert-OH is 1. The van der Waals surface area contributed by atoms with Crippen molar-refractivity contribution in [2.75, 3.05) is 18.9 Å².